The van der Waals surface area contributed by atoms with Crippen molar-refractivity contribution in [2.75, 3.05) is 0 Å². The van der Waals surface area contributed by atoms with Crippen molar-refractivity contribution in [1.82, 2.24) is 5.32 Å². The second kappa shape index (κ2) is 4.85. The van der Waals surface area contributed by atoms with Gasteiger partial charge in [0, 0.05) is 15.4 Å². The van der Waals surface area contributed by atoms with Crippen LogP contribution in [-0.4, -0.2) is 23.0 Å². The summed E-state index contributed by atoms with van der Waals surface area (Å²) in [5.41, 5.74) is 0. The summed E-state index contributed by atoms with van der Waals surface area (Å²) in [4.78, 5) is 22.9. The second-order valence-corrected chi connectivity index (χ2v) is 5.76. The molecule has 1 unspecified atom stereocenters. The van der Waals surface area contributed by atoms with E-state index < -0.39 is 5.97 Å². The largest absolute Gasteiger partial charge is 0.481 e. The molecule has 0 aliphatic heterocycles. The number of nitrogens with one attached hydrogen (secondary N) is 1. The van der Waals surface area contributed by atoms with E-state index in [1.165, 1.54) is 11.3 Å². The number of carbonyl (C=O) groups is 2. The summed E-state index contributed by atoms with van der Waals surface area (Å²) in [5.74, 6) is -1.11. The molecule has 0 saturated heterocycles. The Kier molecular flexibility index (Phi) is 3.44. The van der Waals surface area contributed by atoms with Crippen LogP contribution in [0.15, 0.2) is 17.5 Å². The lowest BCUT2D eigenvalue weighted by Crippen LogP contribution is -2.33. The molecule has 2 heterocycles. The topological polar surface area (TPSA) is 66.4 Å². The third kappa shape index (κ3) is 2.83. The van der Waals surface area contributed by atoms with Gasteiger partial charge in [-0.25, -0.2) is 0 Å². The highest BCUT2D eigenvalue weighted by molar-refractivity contribution is 7.27. The number of hydrogen-bond acceptors (Lipinski definition) is 4. The molecule has 90 valence electrons. The zero-order valence-corrected chi connectivity index (χ0v) is 10.7. The molecule has 0 radical (unpaired) electrons. The van der Waals surface area contributed by atoms with Crippen molar-refractivity contribution in [3.63, 3.8) is 0 Å². The fourth-order valence-electron chi connectivity index (χ4n) is 1.49. The molecule has 0 fully saturated rings. The van der Waals surface area contributed by atoms with Gasteiger partial charge in [-0.3, -0.25) is 9.59 Å². The number of aliphatic carboxylic acids is 1. The molecular weight excluding hydrogens is 258 g/mol. The van der Waals surface area contributed by atoms with E-state index in [2.05, 4.69) is 5.32 Å². The molecule has 0 aliphatic carbocycles. The summed E-state index contributed by atoms with van der Waals surface area (Å²) in [6.07, 6.45) is -0.0640. The lowest BCUT2D eigenvalue weighted by atomic mass is 10.2. The minimum atomic E-state index is -0.912. The SMILES string of the molecule is CC(CC(=O)O)NC(=O)c1cc2sccc2s1. The Morgan fingerprint density at radius 2 is 2.24 bits per heavy atom. The van der Waals surface area contributed by atoms with Crippen LogP contribution in [0, 0.1) is 0 Å². The third-order valence-corrected chi connectivity index (χ3v) is 4.31. The van der Waals surface area contributed by atoms with E-state index in [4.69, 9.17) is 5.11 Å². The molecule has 17 heavy (non-hydrogen) atoms. The number of hydrogen-bond donors (Lipinski definition) is 2. The van der Waals surface area contributed by atoms with E-state index in [1.54, 1.807) is 18.3 Å². The molecule has 0 spiro atoms. The molecule has 0 bridgehead atoms. The lowest BCUT2D eigenvalue weighted by Gasteiger charge is -2.09. The standard InChI is InChI=1S/C11H11NO3S2/c1-6(4-10(13)14)12-11(15)9-5-8-7(17-9)2-3-16-8/h2-3,5-6H,4H2,1H3,(H,12,15)(H,13,14). The van der Waals surface area contributed by atoms with E-state index in [-0.39, 0.29) is 18.4 Å². The molecule has 0 aromatic carbocycles. The number of carboxylic acid groups (broad SMARTS) is 1. The highest BCUT2D eigenvalue weighted by Crippen LogP contribution is 2.29. The molecule has 1 atom stereocenters. The fourth-order valence-corrected chi connectivity index (χ4v) is 3.50. The van der Waals surface area contributed by atoms with Crippen molar-refractivity contribution < 1.29 is 14.7 Å². The average molecular weight is 269 g/mol. The number of carboxylic acids is 1. The Morgan fingerprint density at radius 1 is 1.47 bits per heavy atom. The number of rotatable bonds is 4. The summed E-state index contributed by atoms with van der Waals surface area (Å²) in [6, 6.07) is 3.45. The first-order chi connectivity index (χ1) is 8.06. The van der Waals surface area contributed by atoms with E-state index in [0.29, 0.717) is 4.88 Å². The van der Waals surface area contributed by atoms with E-state index >= 15 is 0 Å². The minimum absolute atomic E-state index is 0.0640. The second-order valence-electron chi connectivity index (χ2n) is 3.73. The molecule has 2 aromatic heterocycles. The first-order valence-corrected chi connectivity index (χ1v) is 6.75. The number of fused-ring (bicyclic) bond motifs is 1. The van der Waals surface area contributed by atoms with Gasteiger partial charge in [0.05, 0.1) is 11.3 Å². The van der Waals surface area contributed by atoms with Crippen molar-refractivity contribution in [2.24, 2.45) is 0 Å². The zero-order valence-electron chi connectivity index (χ0n) is 9.10. The van der Waals surface area contributed by atoms with Crippen LogP contribution in [0.1, 0.15) is 23.0 Å². The molecule has 0 saturated carbocycles. The van der Waals surface area contributed by atoms with Crippen LogP contribution in [0.2, 0.25) is 0 Å². The van der Waals surface area contributed by atoms with Crippen LogP contribution >= 0.6 is 22.7 Å². The molecule has 1 amide bonds. The Morgan fingerprint density at radius 3 is 2.88 bits per heavy atom. The first kappa shape index (κ1) is 12.1. The van der Waals surface area contributed by atoms with Crippen molar-refractivity contribution >= 4 is 43.9 Å². The van der Waals surface area contributed by atoms with E-state index in [9.17, 15) is 9.59 Å². The van der Waals surface area contributed by atoms with Crippen LogP contribution in [0.3, 0.4) is 0 Å². The Hall–Kier alpha value is -1.40. The normalized spacial score (nSPS) is 12.5. The van der Waals surface area contributed by atoms with Crippen molar-refractivity contribution in [3.05, 3.63) is 22.4 Å². The number of carbonyl (C=O) groups excluding carboxylic acids is 1. The average Bonchev–Trinajstić information content (AvgIpc) is 2.73. The maximum absolute atomic E-state index is 11.8. The highest BCUT2D eigenvalue weighted by Gasteiger charge is 2.15. The lowest BCUT2D eigenvalue weighted by molar-refractivity contribution is -0.137. The van der Waals surface area contributed by atoms with Crippen molar-refractivity contribution in [2.45, 2.75) is 19.4 Å². The Labute approximate surface area is 106 Å². The maximum atomic E-state index is 11.8. The van der Waals surface area contributed by atoms with Crippen LogP contribution in [0.4, 0.5) is 0 Å². The summed E-state index contributed by atoms with van der Waals surface area (Å²) < 4.78 is 2.18. The Balaban J connectivity index is 2.05. The zero-order chi connectivity index (χ0) is 12.4. The summed E-state index contributed by atoms with van der Waals surface area (Å²) in [7, 11) is 0. The Bertz CT molecular complexity index is 529. The van der Waals surface area contributed by atoms with Gasteiger partial charge in [-0.1, -0.05) is 0 Å². The van der Waals surface area contributed by atoms with Gasteiger partial charge >= 0.3 is 5.97 Å². The summed E-state index contributed by atoms with van der Waals surface area (Å²) in [6.45, 7) is 1.68. The van der Waals surface area contributed by atoms with Gasteiger partial charge < -0.3 is 10.4 Å². The van der Waals surface area contributed by atoms with Gasteiger partial charge in [-0.2, -0.15) is 0 Å². The molecule has 2 aromatic rings. The van der Waals surface area contributed by atoms with Crippen molar-refractivity contribution in [3.8, 4) is 0 Å². The van der Waals surface area contributed by atoms with Crippen molar-refractivity contribution in [1.29, 1.82) is 0 Å². The smallest absolute Gasteiger partial charge is 0.305 e. The van der Waals surface area contributed by atoms with Crippen LogP contribution in [0.25, 0.3) is 9.40 Å². The van der Waals surface area contributed by atoms with Gasteiger partial charge in [0.1, 0.15) is 0 Å². The fraction of sp³-hybridized carbons (Fsp3) is 0.273. The molecule has 4 nitrogen and oxygen atoms in total. The number of thiophene rings is 2. The summed E-state index contributed by atoms with van der Waals surface area (Å²) >= 11 is 3.02. The highest BCUT2D eigenvalue weighted by atomic mass is 32.1. The molecule has 2 N–H and O–H groups in total. The van der Waals surface area contributed by atoms with Crippen LogP contribution in [0.5, 0.6) is 0 Å². The molecule has 6 heteroatoms. The van der Waals surface area contributed by atoms with Gasteiger partial charge in [0.25, 0.3) is 5.91 Å². The molecule has 0 aliphatic rings. The summed E-state index contributed by atoms with van der Waals surface area (Å²) in [5, 5.41) is 13.3. The third-order valence-electron chi connectivity index (χ3n) is 2.22. The predicted octanol–water partition coefficient (Wildman–Crippen LogP) is 2.56. The molecular formula is C11H11NO3S2. The van der Waals surface area contributed by atoms with Gasteiger partial charge in [-0.05, 0) is 24.4 Å². The monoisotopic (exact) mass is 269 g/mol. The van der Waals surface area contributed by atoms with Gasteiger partial charge in [0.2, 0.25) is 0 Å². The van der Waals surface area contributed by atoms with Gasteiger partial charge in [-0.15, -0.1) is 22.7 Å². The maximum Gasteiger partial charge on any atom is 0.305 e. The molecule has 2 rings (SSSR count). The van der Waals surface area contributed by atoms with E-state index in [1.807, 2.05) is 17.5 Å². The quantitative estimate of drug-likeness (QED) is 0.896. The van der Waals surface area contributed by atoms with Gasteiger partial charge in [0.15, 0.2) is 0 Å². The minimum Gasteiger partial charge on any atom is -0.481 e. The number of amides is 1. The van der Waals surface area contributed by atoms with E-state index in [0.717, 1.165) is 9.40 Å². The predicted molar refractivity (Wildman–Crippen MR) is 68.9 cm³/mol. The first-order valence-electron chi connectivity index (χ1n) is 5.06. The van der Waals surface area contributed by atoms with Crippen LogP contribution < -0.4 is 5.32 Å². The van der Waals surface area contributed by atoms with Crippen LogP contribution in [-0.2, 0) is 4.79 Å².